The molecule has 0 saturated carbocycles. The van der Waals surface area contributed by atoms with Crippen LogP contribution in [0.3, 0.4) is 0 Å². The number of rotatable bonds is 1. The maximum atomic E-state index is 7.90. The Morgan fingerprint density at radius 2 is 2.25 bits per heavy atom. The van der Waals surface area contributed by atoms with Crippen molar-refractivity contribution >= 4 is 9.92 Å². The predicted octanol–water partition coefficient (Wildman–Crippen LogP) is -1.80. The minimum Gasteiger partial charge on any atom is -0.424 e. The molecular weight excluding hydrogens is 70.1 g/mol. The van der Waals surface area contributed by atoms with Crippen molar-refractivity contribution in [3.05, 3.63) is 0 Å². The molecule has 0 fully saturated rings. The van der Waals surface area contributed by atoms with E-state index in [0.29, 0.717) is 0 Å². The van der Waals surface area contributed by atoms with Gasteiger partial charge in [0, 0.05) is 0 Å². The lowest BCUT2D eigenvalue weighted by Crippen LogP contribution is -2.10. The van der Waals surface area contributed by atoms with Crippen LogP contribution in [0.1, 0.15) is 0 Å². The minimum absolute atomic E-state index is 0.826. The highest BCUT2D eigenvalue weighted by Crippen LogP contribution is 1.17. The van der Waals surface area contributed by atoms with Gasteiger partial charge in [0.1, 0.15) is 0 Å². The molecule has 0 unspecified atom stereocenters. The van der Waals surface area contributed by atoms with E-state index in [-0.39, 0.29) is 0 Å². The minimum atomic E-state index is -0.826. The summed E-state index contributed by atoms with van der Waals surface area (Å²) in [5, 5.41) is 0. The predicted molar refractivity (Wildman–Crippen MR) is 19.8 cm³/mol. The van der Waals surface area contributed by atoms with Crippen molar-refractivity contribution in [2.45, 2.75) is 0 Å². The molecule has 0 aromatic rings. The summed E-state index contributed by atoms with van der Waals surface area (Å²) >= 11 is 0. The normalized spacial score (nSPS) is 10.5. The van der Waals surface area contributed by atoms with Gasteiger partial charge >= 0.3 is 0 Å². The number of hydrogen-bond donors (Lipinski definition) is 2. The highest BCUT2D eigenvalue weighted by atomic mass is 28.2. The van der Waals surface area contributed by atoms with Crippen molar-refractivity contribution in [3.63, 3.8) is 0 Å². The lowest BCUT2D eigenvalue weighted by molar-refractivity contribution is 0.590. The standard InChI is InChI=1S/CH7NOSi/c1-2-4-3/h2-3H,4H2,1H3. The molecule has 0 amide bonds. The van der Waals surface area contributed by atoms with Gasteiger partial charge in [0.25, 0.3) is 0 Å². The van der Waals surface area contributed by atoms with E-state index in [2.05, 4.69) is 4.98 Å². The molecule has 0 aromatic heterocycles. The molecule has 26 valence electrons. The van der Waals surface area contributed by atoms with Crippen LogP contribution in [0.2, 0.25) is 0 Å². The first-order valence-corrected chi connectivity index (χ1v) is 2.51. The maximum absolute atomic E-state index is 7.90. The monoisotopic (exact) mass is 77.0 g/mol. The molecule has 0 bridgehead atoms. The van der Waals surface area contributed by atoms with E-state index in [1.807, 2.05) is 0 Å². The van der Waals surface area contributed by atoms with Crippen molar-refractivity contribution in [3.8, 4) is 0 Å². The van der Waals surface area contributed by atoms with Crippen LogP contribution >= 0.6 is 0 Å². The summed E-state index contributed by atoms with van der Waals surface area (Å²) in [5.74, 6) is 0. The third-order valence-corrected chi connectivity index (χ3v) is 0.474. The van der Waals surface area contributed by atoms with Gasteiger partial charge in [-0.15, -0.1) is 0 Å². The van der Waals surface area contributed by atoms with E-state index >= 15 is 0 Å². The van der Waals surface area contributed by atoms with E-state index in [1.165, 1.54) is 0 Å². The zero-order chi connectivity index (χ0) is 3.41. The molecule has 0 aliphatic heterocycles. The van der Waals surface area contributed by atoms with Crippen molar-refractivity contribution in [1.82, 2.24) is 4.98 Å². The quantitative estimate of drug-likeness (QED) is 0.362. The number of nitrogens with one attached hydrogen (secondary N) is 1. The Morgan fingerprint density at radius 3 is 2.25 bits per heavy atom. The zero-order valence-electron chi connectivity index (χ0n) is 2.65. The van der Waals surface area contributed by atoms with Gasteiger partial charge in [0.2, 0.25) is 9.92 Å². The van der Waals surface area contributed by atoms with Crippen molar-refractivity contribution in [2.75, 3.05) is 7.05 Å². The molecule has 2 nitrogen and oxygen atoms in total. The van der Waals surface area contributed by atoms with Gasteiger partial charge in [-0.25, -0.2) is 0 Å². The first-order chi connectivity index (χ1) is 1.91. The highest BCUT2D eigenvalue weighted by molar-refractivity contribution is 6.21. The summed E-state index contributed by atoms with van der Waals surface area (Å²) in [6, 6.07) is 0. The molecule has 2 N–H and O–H groups in total. The van der Waals surface area contributed by atoms with Gasteiger partial charge in [-0.2, -0.15) is 0 Å². The lowest BCUT2D eigenvalue weighted by atomic mass is 11.6. The molecule has 0 atom stereocenters. The smallest absolute Gasteiger partial charge is 0.232 e. The second-order valence-electron chi connectivity index (χ2n) is 0.512. The van der Waals surface area contributed by atoms with Crippen LogP contribution in [0.15, 0.2) is 0 Å². The lowest BCUT2D eigenvalue weighted by Gasteiger charge is -1.74. The Bertz CT molecular complexity index is 10.0. The van der Waals surface area contributed by atoms with Crippen molar-refractivity contribution in [2.24, 2.45) is 0 Å². The van der Waals surface area contributed by atoms with E-state index in [4.69, 9.17) is 4.80 Å². The van der Waals surface area contributed by atoms with E-state index in [0.717, 1.165) is 0 Å². The maximum Gasteiger partial charge on any atom is 0.232 e. The molecule has 3 heteroatoms. The summed E-state index contributed by atoms with van der Waals surface area (Å²) in [6.07, 6.45) is 0. The topological polar surface area (TPSA) is 32.3 Å². The average molecular weight is 77.2 g/mol. The van der Waals surface area contributed by atoms with E-state index in [9.17, 15) is 0 Å². The van der Waals surface area contributed by atoms with E-state index in [1.54, 1.807) is 7.05 Å². The molecule has 0 radical (unpaired) electrons. The SMILES string of the molecule is CN[SiH2]O. The first kappa shape index (κ1) is 4.14. The van der Waals surface area contributed by atoms with Crippen molar-refractivity contribution in [1.29, 1.82) is 0 Å². The van der Waals surface area contributed by atoms with Gasteiger partial charge in [-0.1, -0.05) is 0 Å². The molecule has 0 saturated heterocycles. The van der Waals surface area contributed by atoms with E-state index < -0.39 is 9.92 Å². The van der Waals surface area contributed by atoms with Crippen LogP contribution in [0.5, 0.6) is 0 Å². The van der Waals surface area contributed by atoms with Gasteiger partial charge in [-0.05, 0) is 7.05 Å². The third-order valence-electron chi connectivity index (χ3n) is 0.158. The summed E-state index contributed by atoms with van der Waals surface area (Å²) in [6.45, 7) is 0. The highest BCUT2D eigenvalue weighted by Gasteiger charge is 1.55. The molecule has 0 spiro atoms. The molecule has 0 rings (SSSR count). The van der Waals surface area contributed by atoms with Gasteiger partial charge in [0.05, 0.1) is 0 Å². The van der Waals surface area contributed by atoms with Crippen LogP contribution in [0.4, 0.5) is 0 Å². The molecule has 0 heterocycles. The van der Waals surface area contributed by atoms with Crippen LogP contribution in [-0.4, -0.2) is 21.8 Å². The van der Waals surface area contributed by atoms with Gasteiger partial charge < -0.3 is 9.78 Å². The van der Waals surface area contributed by atoms with Gasteiger partial charge in [0.15, 0.2) is 0 Å². The Hall–Kier alpha value is 0.137. The molecule has 0 aromatic carbocycles. The van der Waals surface area contributed by atoms with Gasteiger partial charge in [-0.3, -0.25) is 0 Å². The van der Waals surface area contributed by atoms with Crippen LogP contribution < -0.4 is 4.98 Å². The fourth-order valence-electron chi connectivity index (χ4n) is 0. The van der Waals surface area contributed by atoms with Crippen molar-refractivity contribution < 1.29 is 4.80 Å². The Kier molecular flexibility index (Phi) is 3.24. The molecule has 0 aliphatic rings. The summed E-state index contributed by atoms with van der Waals surface area (Å²) in [5.41, 5.74) is 0. The average Bonchev–Trinajstić information content (AvgIpc) is 1.37. The van der Waals surface area contributed by atoms with Crippen LogP contribution in [0.25, 0.3) is 0 Å². The Balaban J connectivity index is 1.97. The Labute approximate surface area is 27.9 Å². The molecule has 0 aliphatic carbocycles. The fourth-order valence-corrected chi connectivity index (χ4v) is 0. The van der Waals surface area contributed by atoms with Crippen LogP contribution in [0, 0.1) is 0 Å². The largest absolute Gasteiger partial charge is 0.424 e. The summed E-state index contributed by atoms with van der Waals surface area (Å²) < 4.78 is 0. The molecule has 4 heavy (non-hydrogen) atoms. The van der Waals surface area contributed by atoms with Crippen LogP contribution in [-0.2, 0) is 0 Å². The third kappa shape index (κ3) is 2.14. The number of hydrogen-bond acceptors (Lipinski definition) is 2. The second kappa shape index (κ2) is 3.14. The second-order valence-corrected chi connectivity index (χ2v) is 1.54. The summed E-state index contributed by atoms with van der Waals surface area (Å²) in [7, 11) is 0.917. The zero-order valence-corrected chi connectivity index (χ0v) is 4.07. The fraction of sp³-hybridized carbons (Fsp3) is 1.00. The molecular formula is CH7NOSi. The Morgan fingerprint density at radius 1 is 2.00 bits per heavy atom. The summed E-state index contributed by atoms with van der Waals surface area (Å²) in [4.78, 5) is 10.5. The first-order valence-electron chi connectivity index (χ1n) is 1.17.